The van der Waals surface area contributed by atoms with E-state index in [-0.39, 0.29) is 24.2 Å². The predicted octanol–water partition coefficient (Wildman–Crippen LogP) is -0.220. The molecule has 2 heterocycles. The minimum absolute atomic E-state index is 0.0355. The number of methoxy groups -OCH3 is 1. The van der Waals surface area contributed by atoms with E-state index >= 15 is 0 Å². The van der Waals surface area contributed by atoms with E-state index in [9.17, 15) is 13.2 Å². The van der Waals surface area contributed by atoms with Gasteiger partial charge in [0.05, 0.1) is 18.4 Å². The minimum Gasteiger partial charge on any atom is -0.380 e. The fourth-order valence-corrected chi connectivity index (χ4v) is 5.55. The van der Waals surface area contributed by atoms with Crippen molar-refractivity contribution < 1.29 is 17.9 Å². The zero-order chi connectivity index (χ0) is 16.4. The number of nitrogens with zero attached hydrogens (tertiary/aromatic N) is 2. The first kappa shape index (κ1) is 17.1. The van der Waals surface area contributed by atoms with Crippen LogP contribution >= 0.6 is 0 Å². The van der Waals surface area contributed by atoms with Crippen molar-refractivity contribution in [3.8, 4) is 0 Å². The number of rotatable bonds is 5. The summed E-state index contributed by atoms with van der Waals surface area (Å²) in [6.07, 6.45) is 5.11. The molecular weight excluding hydrogens is 318 g/mol. The minimum atomic E-state index is -3.21. The monoisotopic (exact) mass is 345 g/mol. The summed E-state index contributed by atoms with van der Waals surface area (Å²) >= 11 is 0. The molecule has 8 heteroatoms. The second-order valence-electron chi connectivity index (χ2n) is 6.82. The Morgan fingerprint density at radius 3 is 2.70 bits per heavy atom. The number of carbonyl (C=O) groups excluding carboxylic acids is 1. The van der Waals surface area contributed by atoms with Crippen molar-refractivity contribution >= 4 is 15.9 Å². The summed E-state index contributed by atoms with van der Waals surface area (Å²) in [4.78, 5) is 14.7. The fraction of sp³-hybridized carbons (Fsp3) is 0.933. The molecule has 3 atom stereocenters. The van der Waals surface area contributed by atoms with Gasteiger partial charge in [0.1, 0.15) is 0 Å². The largest absolute Gasteiger partial charge is 0.380 e. The highest BCUT2D eigenvalue weighted by Gasteiger charge is 2.37. The van der Waals surface area contributed by atoms with Gasteiger partial charge >= 0.3 is 0 Å². The van der Waals surface area contributed by atoms with Gasteiger partial charge in [0.25, 0.3) is 0 Å². The number of hydrogen-bond donors (Lipinski definition) is 1. The standard InChI is InChI=1S/C15H27N3O4S/c1-22-12-6-8-17(10-12)14-5-2-4-13(14)16-15(19)11-18-7-3-9-23(18,20)21/h12-14H,2-11H2,1H3,(H,16,19)/t12?,13-,14+/m1/s1. The van der Waals surface area contributed by atoms with E-state index in [0.29, 0.717) is 25.1 Å². The maximum Gasteiger partial charge on any atom is 0.235 e. The number of ether oxygens (including phenoxy) is 1. The van der Waals surface area contributed by atoms with E-state index in [1.165, 1.54) is 4.31 Å². The van der Waals surface area contributed by atoms with Crippen LogP contribution in [0.1, 0.15) is 32.1 Å². The van der Waals surface area contributed by atoms with Gasteiger partial charge in [-0.1, -0.05) is 0 Å². The normalized spacial score (nSPS) is 34.9. The van der Waals surface area contributed by atoms with Crippen molar-refractivity contribution in [1.29, 1.82) is 0 Å². The molecule has 3 rings (SSSR count). The Bertz CT molecular complexity index is 539. The van der Waals surface area contributed by atoms with Gasteiger partial charge in [-0.15, -0.1) is 0 Å². The fourth-order valence-electron chi connectivity index (χ4n) is 4.07. The van der Waals surface area contributed by atoms with Crippen LogP contribution in [0.25, 0.3) is 0 Å². The van der Waals surface area contributed by atoms with Crippen LogP contribution in [0.2, 0.25) is 0 Å². The van der Waals surface area contributed by atoms with Gasteiger partial charge in [-0.3, -0.25) is 9.69 Å². The van der Waals surface area contributed by atoms with Gasteiger partial charge in [-0.05, 0) is 32.1 Å². The second-order valence-corrected chi connectivity index (χ2v) is 8.91. The molecular formula is C15H27N3O4S. The molecule has 23 heavy (non-hydrogen) atoms. The van der Waals surface area contributed by atoms with Gasteiger partial charge in [0.15, 0.2) is 0 Å². The van der Waals surface area contributed by atoms with Crippen LogP contribution in [0.15, 0.2) is 0 Å². The molecule has 0 aromatic carbocycles. The molecule has 3 aliphatic rings. The summed E-state index contributed by atoms with van der Waals surface area (Å²) in [6, 6.07) is 0.484. The molecule has 1 saturated carbocycles. The van der Waals surface area contributed by atoms with Gasteiger partial charge in [0.2, 0.25) is 15.9 Å². The van der Waals surface area contributed by atoms with Crippen LogP contribution in [0, 0.1) is 0 Å². The molecule has 0 aromatic rings. The summed E-state index contributed by atoms with van der Waals surface area (Å²) in [5.41, 5.74) is 0. The Balaban J connectivity index is 1.53. The molecule has 1 unspecified atom stereocenters. The van der Waals surface area contributed by atoms with Crippen LogP contribution in [0.3, 0.4) is 0 Å². The topological polar surface area (TPSA) is 79.0 Å². The first-order valence-electron chi connectivity index (χ1n) is 8.53. The van der Waals surface area contributed by atoms with E-state index in [1.807, 2.05) is 0 Å². The highest BCUT2D eigenvalue weighted by molar-refractivity contribution is 7.89. The predicted molar refractivity (Wildman–Crippen MR) is 86.5 cm³/mol. The molecule has 3 fully saturated rings. The maximum absolute atomic E-state index is 12.3. The van der Waals surface area contributed by atoms with Crippen molar-refractivity contribution in [3.63, 3.8) is 0 Å². The lowest BCUT2D eigenvalue weighted by atomic mass is 10.1. The number of nitrogens with one attached hydrogen (secondary N) is 1. The van der Waals surface area contributed by atoms with Crippen LogP contribution in [0.5, 0.6) is 0 Å². The van der Waals surface area contributed by atoms with Crippen LogP contribution in [0.4, 0.5) is 0 Å². The van der Waals surface area contributed by atoms with Crippen LogP contribution in [-0.2, 0) is 19.6 Å². The van der Waals surface area contributed by atoms with Crippen molar-refractivity contribution in [2.45, 2.75) is 50.3 Å². The Morgan fingerprint density at radius 2 is 2.04 bits per heavy atom. The van der Waals surface area contributed by atoms with E-state index in [0.717, 1.165) is 38.8 Å². The number of hydrogen-bond acceptors (Lipinski definition) is 5. The molecule has 7 nitrogen and oxygen atoms in total. The van der Waals surface area contributed by atoms with Gasteiger partial charge in [-0.2, -0.15) is 4.31 Å². The maximum atomic E-state index is 12.3. The van der Waals surface area contributed by atoms with Gasteiger partial charge < -0.3 is 10.1 Å². The zero-order valence-electron chi connectivity index (χ0n) is 13.7. The zero-order valence-corrected chi connectivity index (χ0v) is 14.6. The first-order chi connectivity index (χ1) is 11.0. The van der Waals surface area contributed by atoms with E-state index in [1.54, 1.807) is 7.11 Å². The lowest BCUT2D eigenvalue weighted by Gasteiger charge is -2.30. The van der Waals surface area contributed by atoms with E-state index < -0.39 is 10.0 Å². The molecule has 132 valence electrons. The highest BCUT2D eigenvalue weighted by atomic mass is 32.2. The summed E-state index contributed by atoms with van der Waals surface area (Å²) < 4.78 is 30.3. The molecule has 0 aromatic heterocycles. The third-order valence-electron chi connectivity index (χ3n) is 5.33. The third-order valence-corrected chi connectivity index (χ3v) is 7.23. The molecule has 2 aliphatic heterocycles. The van der Waals surface area contributed by atoms with Crippen LogP contribution < -0.4 is 5.32 Å². The number of likely N-dealkylation sites (tertiary alicyclic amines) is 1. The summed E-state index contributed by atoms with van der Waals surface area (Å²) in [5.74, 6) is -0.00623. The van der Waals surface area contributed by atoms with E-state index in [2.05, 4.69) is 10.2 Å². The van der Waals surface area contributed by atoms with Crippen molar-refractivity contribution in [2.75, 3.05) is 39.0 Å². The molecule has 0 spiro atoms. The molecule has 1 aliphatic carbocycles. The molecule has 0 bridgehead atoms. The SMILES string of the molecule is COC1CCN([C@H]2CCC[C@H]2NC(=O)CN2CCCS2(=O)=O)C1. The Hall–Kier alpha value is -0.700. The molecule has 2 saturated heterocycles. The van der Waals surface area contributed by atoms with Crippen molar-refractivity contribution in [3.05, 3.63) is 0 Å². The van der Waals surface area contributed by atoms with Gasteiger partial charge in [0, 0.05) is 38.8 Å². The third kappa shape index (κ3) is 3.87. The van der Waals surface area contributed by atoms with Crippen molar-refractivity contribution in [2.24, 2.45) is 0 Å². The smallest absolute Gasteiger partial charge is 0.235 e. The molecule has 1 amide bonds. The van der Waals surface area contributed by atoms with Crippen molar-refractivity contribution in [1.82, 2.24) is 14.5 Å². The average Bonchev–Trinajstić information content (AvgIpc) is 3.19. The summed E-state index contributed by atoms with van der Waals surface area (Å²) in [5, 5.41) is 3.08. The lowest BCUT2D eigenvalue weighted by molar-refractivity contribution is -0.122. The summed E-state index contributed by atoms with van der Waals surface area (Å²) in [7, 11) is -1.46. The quantitative estimate of drug-likeness (QED) is 0.745. The molecule has 1 N–H and O–H groups in total. The first-order valence-corrected chi connectivity index (χ1v) is 10.1. The van der Waals surface area contributed by atoms with Crippen LogP contribution in [-0.4, -0.2) is 80.8 Å². The summed E-state index contributed by atoms with van der Waals surface area (Å²) in [6.45, 7) is 2.36. The highest BCUT2D eigenvalue weighted by Crippen LogP contribution is 2.28. The second kappa shape index (κ2) is 7.04. The Morgan fingerprint density at radius 1 is 1.22 bits per heavy atom. The molecule has 0 radical (unpaired) electrons. The Labute approximate surface area is 138 Å². The van der Waals surface area contributed by atoms with Gasteiger partial charge in [-0.25, -0.2) is 8.42 Å². The average molecular weight is 345 g/mol. The number of carbonyl (C=O) groups is 1. The Kier molecular flexibility index (Phi) is 5.25. The van der Waals surface area contributed by atoms with E-state index in [4.69, 9.17) is 4.74 Å². The number of amides is 1. The number of sulfonamides is 1. The lowest BCUT2D eigenvalue weighted by Crippen LogP contribution is -2.50.